The van der Waals surface area contributed by atoms with Crippen LogP contribution in [-0.4, -0.2) is 93.0 Å². The molecule has 218 valence electrons. The first-order chi connectivity index (χ1) is 18.9. The first-order valence-corrected chi connectivity index (χ1v) is 13.4. The van der Waals surface area contributed by atoms with Crippen LogP contribution < -0.4 is 22.5 Å². The summed E-state index contributed by atoms with van der Waals surface area (Å²) in [4.78, 5) is 58.4. The van der Waals surface area contributed by atoms with E-state index in [1.165, 1.54) is 13.1 Å². The van der Waals surface area contributed by atoms with Gasteiger partial charge in [-0.25, -0.2) is 14.3 Å². The van der Waals surface area contributed by atoms with Gasteiger partial charge in [0.1, 0.15) is 30.6 Å². The average molecular weight is 587 g/mol. The van der Waals surface area contributed by atoms with Gasteiger partial charge in [0.05, 0.1) is 25.6 Å². The third-order valence-corrected chi connectivity index (χ3v) is 7.52. The quantitative estimate of drug-likeness (QED) is 0.129. The molecule has 19 nitrogen and oxygen atoms in total. The van der Waals surface area contributed by atoms with Crippen molar-refractivity contribution < 1.29 is 43.3 Å². The van der Waals surface area contributed by atoms with E-state index in [0.29, 0.717) is 0 Å². The molecule has 8 N–H and O–H groups in total. The van der Waals surface area contributed by atoms with Crippen molar-refractivity contribution in [3.8, 4) is 0 Å². The highest BCUT2D eigenvalue weighted by atomic mass is 31.2. The van der Waals surface area contributed by atoms with E-state index in [4.69, 9.17) is 24.3 Å². The summed E-state index contributed by atoms with van der Waals surface area (Å²) in [5.74, 6) is -0.231. The molecule has 0 aliphatic carbocycles. The van der Waals surface area contributed by atoms with E-state index in [0.717, 1.165) is 15.5 Å². The molecule has 2 saturated heterocycles. The number of imidazole rings is 1. The van der Waals surface area contributed by atoms with Crippen molar-refractivity contribution in [1.82, 2.24) is 29.1 Å². The van der Waals surface area contributed by atoms with Crippen molar-refractivity contribution in [2.24, 2.45) is 0 Å². The van der Waals surface area contributed by atoms with Crippen LogP contribution in [0.15, 0.2) is 26.9 Å². The topological polar surface area (TPSA) is 279 Å². The lowest BCUT2D eigenvalue weighted by molar-refractivity contribution is -0.0568. The number of H-pyrrole nitrogens is 2. The number of nitrogens with zero attached hydrogens (tertiary/aromatic N) is 4. The SMILES string of the molecule is Cc1cn([C@H]2C[C@H](O)[C@@H](COP(=O)(O)O[C@H]3[C@@H](O)[C@H](n4cnc5c(=O)[nH]c(N)nc54)O[C@@H]3CO)O2)c(=O)[nH]c1=O. The zero-order chi connectivity index (χ0) is 28.9. The molecule has 0 spiro atoms. The first-order valence-electron chi connectivity index (χ1n) is 11.9. The Morgan fingerprint density at radius 3 is 2.65 bits per heavy atom. The second kappa shape index (κ2) is 10.6. The maximum atomic E-state index is 12.8. The molecule has 8 atom stereocenters. The molecule has 5 rings (SSSR count). The van der Waals surface area contributed by atoms with Crippen LogP contribution in [0.1, 0.15) is 24.4 Å². The van der Waals surface area contributed by atoms with Gasteiger partial charge in [0.25, 0.3) is 11.1 Å². The Bertz CT molecular complexity index is 1630. The van der Waals surface area contributed by atoms with E-state index in [-0.39, 0.29) is 29.1 Å². The van der Waals surface area contributed by atoms with Crippen LogP contribution >= 0.6 is 7.82 Å². The standard InChI is InChI=1S/C20H26N7O12P/c1-7-3-26(20(33)25-16(7)31)11-2-8(29)10(37-11)5-36-40(34,35)39-14-9(4-28)38-18(13(14)30)27-6-22-12-15(27)23-19(21)24-17(12)32/h3,6,8-11,13-14,18,28-30H,2,4-5H2,1H3,(H,34,35)(H,25,31,33)(H3,21,23,24,32)/t8-,9+,10+,11+,13+,14+,18+/m0/s1. The van der Waals surface area contributed by atoms with Gasteiger partial charge in [-0.1, -0.05) is 0 Å². The van der Waals surface area contributed by atoms with Crippen LogP contribution in [0.4, 0.5) is 5.95 Å². The summed E-state index contributed by atoms with van der Waals surface area (Å²) in [6.07, 6.45) is -6.97. The number of anilines is 1. The lowest BCUT2D eigenvalue weighted by Gasteiger charge is -2.23. The summed E-state index contributed by atoms with van der Waals surface area (Å²) in [7, 11) is -4.97. The van der Waals surface area contributed by atoms with Gasteiger partial charge in [-0.2, -0.15) is 4.98 Å². The molecular formula is C20H26N7O12P. The Balaban J connectivity index is 1.27. The van der Waals surface area contributed by atoms with E-state index < -0.39 is 80.8 Å². The van der Waals surface area contributed by atoms with E-state index in [9.17, 15) is 39.2 Å². The predicted octanol–water partition coefficient (Wildman–Crippen LogP) is -3.04. The van der Waals surface area contributed by atoms with Crippen molar-refractivity contribution in [3.63, 3.8) is 0 Å². The molecular weight excluding hydrogens is 561 g/mol. The van der Waals surface area contributed by atoms with E-state index >= 15 is 0 Å². The van der Waals surface area contributed by atoms with Crippen molar-refractivity contribution in [2.45, 2.75) is 56.3 Å². The van der Waals surface area contributed by atoms with Gasteiger partial charge < -0.3 is 35.4 Å². The van der Waals surface area contributed by atoms with Gasteiger partial charge in [0.15, 0.2) is 17.4 Å². The molecule has 3 aromatic heterocycles. The highest BCUT2D eigenvalue weighted by Crippen LogP contribution is 2.49. The molecule has 2 aliphatic rings. The lowest BCUT2D eigenvalue weighted by atomic mass is 10.1. The number of aliphatic hydroxyl groups is 3. The molecule has 3 aromatic rings. The molecule has 40 heavy (non-hydrogen) atoms. The molecule has 1 unspecified atom stereocenters. The fraction of sp³-hybridized carbons (Fsp3) is 0.550. The zero-order valence-electron chi connectivity index (χ0n) is 20.7. The summed E-state index contributed by atoms with van der Waals surface area (Å²) in [6, 6.07) is 0. The largest absolute Gasteiger partial charge is 0.472 e. The van der Waals surface area contributed by atoms with Crippen molar-refractivity contribution >= 4 is 24.9 Å². The Morgan fingerprint density at radius 1 is 1.18 bits per heavy atom. The molecule has 20 heteroatoms. The highest BCUT2D eigenvalue weighted by molar-refractivity contribution is 7.47. The predicted molar refractivity (Wildman–Crippen MR) is 131 cm³/mol. The molecule has 5 heterocycles. The molecule has 0 bridgehead atoms. The molecule has 2 fully saturated rings. The number of nitrogen functional groups attached to an aromatic ring is 1. The molecule has 0 aromatic carbocycles. The number of phosphoric acid groups is 1. The van der Waals surface area contributed by atoms with Gasteiger partial charge in [-0.05, 0) is 6.92 Å². The number of phosphoric ester groups is 1. The molecule has 0 saturated carbocycles. The van der Waals surface area contributed by atoms with Gasteiger partial charge in [0, 0.05) is 18.2 Å². The normalized spacial score (nSPS) is 30.2. The van der Waals surface area contributed by atoms with Gasteiger partial charge >= 0.3 is 13.5 Å². The fourth-order valence-corrected chi connectivity index (χ4v) is 5.51. The Morgan fingerprint density at radius 2 is 1.93 bits per heavy atom. The summed E-state index contributed by atoms with van der Waals surface area (Å²) < 4.78 is 36.3. The average Bonchev–Trinajstić information content (AvgIpc) is 3.55. The number of aromatic amines is 2. The van der Waals surface area contributed by atoms with Crippen LogP contribution in [0, 0.1) is 6.92 Å². The summed E-state index contributed by atoms with van der Waals surface area (Å²) >= 11 is 0. The number of fused-ring (bicyclic) bond motifs is 1. The van der Waals surface area contributed by atoms with Crippen LogP contribution in [-0.2, 0) is 23.1 Å². The van der Waals surface area contributed by atoms with Crippen LogP contribution in [0.25, 0.3) is 11.2 Å². The smallest absolute Gasteiger partial charge is 0.394 e. The van der Waals surface area contributed by atoms with Crippen molar-refractivity contribution in [1.29, 1.82) is 0 Å². The molecule has 0 radical (unpaired) electrons. The molecule has 0 amide bonds. The van der Waals surface area contributed by atoms with Crippen LogP contribution in [0.3, 0.4) is 0 Å². The maximum absolute atomic E-state index is 12.8. The zero-order valence-corrected chi connectivity index (χ0v) is 21.6. The number of aromatic nitrogens is 6. The number of hydrogen-bond donors (Lipinski definition) is 7. The number of rotatable bonds is 8. The Hall–Kier alpha value is -3.26. The summed E-state index contributed by atoms with van der Waals surface area (Å²) in [6.45, 7) is 0.0877. The third kappa shape index (κ3) is 5.26. The summed E-state index contributed by atoms with van der Waals surface area (Å²) in [5.41, 5.74) is 3.67. The number of aryl methyl sites for hydroxylation is 1. The highest BCUT2D eigenvalue weighted by Gasteiger charge is 2.49. The van der Waals surface area contributed by atoms with Gasteiger partial charge in [-0.15, -0.1) is 0 Å². The van der Waals surface area contributed by atoms with E-state index in [2.05, 4.69) is 19.9 Å². The summed E-state index contributed by atoms with van der Waals surface area (Å²) in [5, 5.41) is 31.0. The van der Waals surface area contributed by atoms with Gasteiger partial charge in [-0.3, -0.25) is 37.7 Å². The number of nitrogens with one attached hydrogen (secondary N) is 2. The van der Waals surface area contributed by atoms with Crippen LogP contribution in [0.5, 0.6) is 0 Å². The van der Waals surface area contributed by atoms with Crippen molar-refractivity contribution in [3.05, 3.63) is 49.3 Å². The monoisotopic (exact) mass is 587 g/mol. The van der Waals surface area contributed by atoms with E-state index in [1.807, 2.05) is 0 Å². The minimum absolute atomic E-state index is 0.0511. The Labute approximate surface area is 222 Å². The second-order valence-corrected chi connectivity index (χ2v) is 10.7. The molecule has 2 aliphatic heterocycles. The number of ether oxygens (including phenoxy) is 2. The fourth-order valence-electron chi connectivity index (χ4n) is 4.54. The lowest BCUT2D eigenvalue weighted by Crippen LogP contribution is -2.36. The van der Waals surface area contributed by atoms with E-state index in [1.54, 1.807) is 0 Å². The first kappa shape index (κ1) is 28.3. The van der Waals surface area contributed by atoms with Crippen molar-refractivity contribution in [2.75, 3.05) is 18.9 Å². The minimum Gasteiger partial charge on any atom is -0.394 e. The number of hydrogen-bond acceptors (Lipinski definition) is 14. The second-order valence-electron chi connectivity index (χ2n) is 9.26. The third-order valence-electron chi connectivity index (χ3n) is 6.53. The van der Waals surface area contributed by atoms with Crippen LogP contribution in [0.2, 0.25) is 0 Å². The number of aliphatic hydroxyl groups excluding tert-OH is 3. The number of nitrogens with two attached hydrogens (primary N) is 1. The van der Waals surface area contributed by atoms with Gasteiger partial charge in [0.2, 0.25) is 5.95 Å². The minimum atomic E-state index is -4.97. The maximum Gasteiger partial charge on any atom is 0.472 e. The Kier molecular flexibility index (Phi) is 7.50.